The van der Waals surface area contributed by atoms with Gasteiger partial charge < -0.3 is 19.4 Å². The Labute approximate surface area is 107 Å². The molecule has 1 fully saturated rings. The van der Waals surface area contributed by atoms with E-state index >= 15 is 0 Å². The fraction of sp³-hybridized carbons (Fsp3) is 0.615. The minimum Gasteiger partial charge on any atom is -0.469 e. The Bertz CT molecular complexity index is 358. The van der Waals surface area contributed by atoms with E-state index in [9.17, 15) is 4.79 Å². The molecule has 0 spiro atoms. The number of hydrogen-bond acceptors (Lipinski definition) is 4. The van der Waals surface area contributed by atoms with Crippen LogP contribution in [0.1, 0.15) is 12.2 Å². The lowest BCUT2D eigenvalue weighted by molar-refractivity contribution is -0.132. The Morgan fingerprint density at radius 3 is 3.17 bits per heavy atom. The molecule has 5 nitrogen and oxygen atoms in total. The van der Waals surface area contributed by atoms with Gasteiger partial charge in [-0.1, -0.05) is 0 Å². The molecule has 2 heterocycles. The van der Waals surface area contributed by atoms with Crippen LogP contribution in [0.3, 0.4) is 0 Å². The molecule has 0 radical (unpaired) electrons. The third kappa shape index (κ3) is 3.85. The molecule has 1 N–H and O–H groups in total. The fourth-order valence-electron chi connectivity index (χ4n) is 2.02. The number of ether oxygens (including phenoxy) is 1. The van der Waals surface area contributed by atoms with Crippen LogP contribution in [0.5, 0.6) is 0 Å². The molecule has 1 aliphatic rings. The lowest BCUT2D eigenvalue weighted by Crippen LogP contribution is -2.45. The van der Waals surface area contributed by atoms with Crippen molar-refractivity contribution in [3.05, 3.63) is 24.2 Å². The highest BCUT2D eigenvalue weighted by Crippen LogP contribution is 2.06. The van der Waals surface area contributed by atoms with Crippen LogP contribution in [0.2, 0.25) is 0 Å². The van der Waals surface area contributed by atoms with Gasteiger partial charge in [0.15, 0.2) is 0 Å². The molecule has 1 aliphatic heterocycles. The van der Waals surface area contributed by atoms with Crippen LogP contribution in [0.15, 0.2) is 22.8 Å². The van der Waals surface area contributed by atoms with E-state index in [1.807, 2.05) is 19.2 Å². The quantitative estimate of drug-likeness (QED) is 0.836. The first-order valence-electron chi connectivity index (χ1n) is 6.34. The molecule has 18 heavy (non-hydrogen) atoms. The third-order valence-electron chi connectivity index (χ3n) is 3.07. The summed E-state index contributed by atoms with van der Waals surface area (Å²) >= 11 is 0. The van der Waals surface area contributed by atoms with Gasteiger partial charge in [0, 0.05) is 39.5 Å². The predicted octanol–water partition coefficient (Wildman–Crippen LogP) is 0.659. The van der Waals surface area contributed by atoms with E-state index in [1.165, 1.54) is 0 Å². The van der Waals surface area contributed by atoms with Crippen molar-refractivity contribution in [1.29, 1.82) is 0 Å². The van der Waals surface area contributed by atoms with E-state index < -0.39 is 0 Å². The average molecular weight is 252 g/mol. The molecule has 1 amide bonds. The monoisotopic (exact) mass is 252 g/mol. The molecule has 1 unspecified atom stereocenters. The second-order valence-corrected chi connectivity index (χ2v) is 4.55. The Hall–Kier alpha value is -1.33. The van der Waals surface area contributed by atoms with Crippen molar-refractivity contribution in [2.24, 2.45) is 0 Å². The zero-order valence-corrected chi connectivity index (χ0v) is 10.7. The number of aryl methyl sites for hydroxylation is 1. The second kappa shape index (κ2) is 6.56. The summed E-state index contributed by atoms with van der Waals surface area (Å²) in [5.41, 5.74) is 0. The van der Waals surface area contributed by atoms with Gasteiger partial charge in [-0.15, -0.1) is 0 Å². The van der Waals surface area contributed by atoms with Crippen molar-refractivity contribution in [2.45, 2.75) is 18.9 Å². The second-order valence-electron chi connectivity index (χ2n) is 4.55. The number of likely N-dealkylation sites (N-methyl/N-ethyl adjacent to an activating group) is 1. The first-order chi connectivity index (χ1) is 8.75. The normalized spacial score (nSPS) is 19.7. The molecule has 1 saturated heterocycles. The maximum Gasteiger partial charge on any atom is 0.222 e. The van der Waals surface area contributed by atoms with Crippen molar-refractivity contribution < 1.29 is 13.9 Å². The zero-order valence-electron chi connectivity index (χ0n) is 10.7. The summed E-state index contributed by atoms with van der Waals surface area (Å²) in [4.78, 5) is 13.7. The number of amides is 1. The summed E-state index contributed by atoms with van der Waals surface area (Å²) in [6.45, 7) is 3.07. The molecule has 0 saturated carbocycles. The fourth-order valence-corrected chi connectivity index (χ4v) is 2.02. The maximum atomic E-state index is 11.9. The van der Waals surface area contributed by atoms with Crippen molar-refractivity contribution in [3.8, 4) is 0 Å². The number of rotatable bonds is 5. The van der Waals surface area contributed by atoms with Gasteiger partial charge in [0.2, 0.25) is 5.91 Å². The van der Waals surface area contributed by atoms with E-state index in [-0.39, 0.29) is 12.0 Å². The summed E-state index contributed by atoms with van der Waals surface area (Å²) in [5.74, 6) is 0.980. The summed E-state index contributed by atoms with van der Waals surface area (Å²) < 4.78 is 10.8. The van der Waals surface area contributed by atoms with Gasteiger partial charge in [0.05, 0.1) is 19.0 Å². The largest absolute Gasteiger partial charge is 0.469 e. The van der Waals surface area contributed by atoms with Gasteiger partial charge >= 0.3 is 0 Å². The van der Waals surface area contributed by atoms with Crippen molar-refractivity contribution in [1.82, 2.24) is 10.2 Å². The minimum atomic E-state index is 0.108. The van der Waals surface area contributed by atoms with Crippen LogP contribution in [0.25, 0.3) is 0 Å². The molecular weight excluding hydrogens is 232 g/mol. The first kappa shape index (κ1) is 13.1. The van der Waals surface area contributed by atoms with Gasteiger partial charge in [0.25, 0.3) is 0 Å². The first-order valence-corrected chi connectivity index (χ1v) is 6.34. The van der Waals surface area contributed by atoms with Crippen molar-refractivity contribution in [3.63, 3.8) is 0 Å². The molecule has 5 heteroatoms. The molecule has 0 aliphatic carbocycles. The Kier molecular flexibility index (Phi) is 4.78. The van der Waals surface area contributed by atoms with Crippen molar-refractivity contribution >= 4 is 5.91 Å². The molecule has 0 aromatic carbocycles. The van der Waals surface area contributed by atoms with Crippen LogP contribution in [-0.2, 0) is 16.0 Å². The van der Waals surface area contributed by atoms with Crippen LogP contribution >= 0.6 is 0 Å². The summed E-state index contributed by atoms with van der Waals surface area (Å²) in [6.07, 6.45) is 2.87. The number of morpholine rings is 1. The summed E-state index contributed by atoms with van der Waals surface area (Å²) in [6, 6.07) is 3.73. The molecule has 1 aromatic rings. The van der Waals surface area contributed by atoms with E-state index in [0.29, 0.717) is 19.4 Å². The van der Waals surface area contributed by atoms with Crippen molar-refractivity contribution in [2.75, 3.05) is 33.3 Å². The zero-order chi connectivity index (χ0) is 12.8. The highest BCUT2D eigenvalue weighted by molar-refractivity contribution is 5.76. The van der Waals surface area contributed by atoms with Gasteiger partial charge in [-0.3, -0.25) is 4.79 Å². The Morgan fingerprint density at radius 2 is 2.50 bits per heavy atom. The number of nitrogens with one attached hydrogen (secondary N) is 1. The summed E-state index contributed by atoms with van der Waals surface area (Å²) in [7, 11) is 1.82. The van der Waals surface area contributed by atoms with Crippen LogP contribution in [-0.4, -0.2) is 50.2 Å². The molecular formula is C13H20N2O3. The number of furan rings is 1. The Morgan fingerprint density at radius 1 is 1.61 bits per heavy atom. The predicted molar refractivity (Wildman–Crippen MR) is 67.3 cm³/mol. The number of carbonyl (C=O) groups is 1. The third-order valence-corrected chi connectivity index (χ3v) is 3.07. The van der Waals surface area contributed by atoms with Crippen LogP contribution in [0.4, 0.5) is 0 Å². The topological polar surface area (TPSA) is 54.7 Å². The number of nitrogens with zero attached hydrogens (tertiary/aromatic N) is 1. The molecule has 1 atom stereocenters. The number of hydrogen-bond donors (Lipinski definition) is 1. The smallest absolute Gasteiger partial charge is 0.222 e. The van der Waals surface area contributed by atoms with E-state index in [1.54, 1.807) is 11.2 Å². The SMILES string of the molecule is CN(CC1CNCCO1)C(=O)CCc1ccco1. The average Bonchev–Trinajstić information content (AvgIpc) is 2.90. The summed E-state index contributed by atoms with van der Waals surface area (Å²) in [5, 5.41) is 3.26. The van der Waals surface area contributed by atoms with Gasteiger partial charge in [0.1, 0.15) is 5.76 Å². The van der Waals surface area contributed by atoms with Crippen LogP contribution in [0, 0.1) is 0 Å². The lowest BCUT2D eigenvalue weighted by Gasteiger charge is -2.28. The van der Waals surface area contributed by atoms with Gasteiger partial charge in [-0.2, -0.15) is 0 Å². The van der Waals surface area contributed by atoms with E-state index in [0.717, 1.165) is 25.5 Å². The van der Waals surface area contributed by atoms with E-state index in [2.05, 4.69) is 5.32 Å². The highest BCUT2D eigenvalue weighted by Gasteiger charge is 2.18. The number of carbonyl (C=O) groups excluding carboxylic acids is 1. The Balaban J connectivity index is 1.70. The highest BCUT2D eigenvalue weighted by atomic mass is 16.5. The van der Waals surface area contributed by atoms with E-state index in [4.69, 9.17) is 9.15 Å². The standard InChI is InChI=1S/C13H20N2O3/c1-15(10-12-9-14-6-8-18-12)13(16)5-4-11-3-2-7-17-11/h2-3,7,12,14H,4-6,8-10H2,1H3. The molecule has 1 aromatic heterocycles. The molecule has 0 bridgehead atoms. The van der Waals surface area contributed by atoms with Gasteiger partial charge in [-0.25, -0.2) is 0 Å². The minimum absolute atomic E-state index is 0.108. The molecule has 100 valence electrons. The maximum absolute atomic E-state index is 11.9. The molecule has 2 rings (SSSR count). The van der Waals surface area contributed by atoms with Gasteiger partial charge in [-0.05, 0) is 12.1 Å². The van der Waals surface area contributed by atoms with Crippen LogP contribution < -0.4 is 5.32 Å². The lowest BCUT2D eigenvalue weighted by atomic mass is 10.2.